The Morgan fingerprint density at radius 2 is 0.673 bits per heavy atom. The van der Waals surface area contributed by atoms with Crippen LogP contribution >= 0.6 is 0 Å². The second kappa shape index (κ2) is 13.9. The van der Waals surface area contributed by atoms with E-state index in [0.717, 1.165) is 89.4 Å². The number of H-pyrrole nitrogens is 1. The second-order valence-electron chi connectivity index (χ2n) is 13.9. The van der Waals surface area contributed by atoms with Crippen LogP contribution in [0.25, 0.3) is 90.9 Å². The summed E-state index contributed by atoms with van der Waals surface area (Å²) in [7, 11) is 0. The second-order valence-corrected chi connectivity index (χ2v) is 13.9. The summed E-state index contributed by atoms with van der Waals surface area (Å²) < 4.78 is 2.45. The van der Waals surface area contributed by atoms with E-state index in [1.807, 2.05) is 0 Å². The van der Waals surface area contributed by atoms with Gasteiger partial charge in [-0.2, -0.15) is 0 Å². The van der Waals surface area contributed by atoms with Crippen molar-refractivity contribution in [2.75, 3.05) is 0 Å². The number of hydrogen-bond donors (Lipinski definition) is 1. The summed E-state index contributed by atoms with van der Waals surface area (Å²) in [6.45, 7) is 0.665. The highest BCUT2D eigenvalue weighted by atomic mass is 15.0. The number of hydrogen-bond acceptors (Lipinski definition) is 2. The van der Waals surface area contributed by atoms with Crippen LogP contribution in [0.4, 0.5) is 0 Å². The van der Waals surface area contributed by atoms with E-state index in [1.54, 1.807) is 0 Å². The van der Waals surface area contributed by atoms with Gasteiger partial charge < -0.3 is 9.55 Å². The van der Waals surface area contributed by atoms with Gasteiger partial charge in [0.1, 0.15) is 0 Å². The lowest BCUT2D eigenvalue weighted by Crippen LogP contribution is -2.02. The lowest BCUT2D eigenvalue weighted by molar-refractivity contribution is 0.867. The SMILES string of the molecule is C1=Cc2nc1c(-c1ccccc1)c1ccc([nH]1)c(-c1ccccc1)c1nc(c(-c3ccccc3)c3ccc(c2-c2ccccc2)n3Cc2ccccc2)C=C1. The van der Waals surface area contributed by atoms with Crippen LogP contribution in [0.15, 0.2) is 176 Å². The van der Waals surface area contributed by atoms with Gasteiger partial charge in [-0.15, -0.1) is 0 Å². The van der Waals surface area contributed by atoms with Crippen molar-refractivity contribution in [3.05, 3.63) is 204 Å². The summed E-state index contributed by atoms with van der Waals surface area (Å²) in [5.41, 5.74) is 17.6. The summed E-state index contributed by atoms with van der Waals surface area (Å²) in [5, 5.41) is 0. The minimum atomic E-state index is 0.665. The topological polar surface area (TPSA) is 46.5 Å². The van der Waals surface area contributed by atoms with Gasteiger partial charge in [0.15, 0.2) is 0 Å². The molecule has 0 saturated carbocycles. The van der Waals surface area contributed by atoms with E-state index in [-0.39, 0.29) is 0 Å². The molecule has 0 saturated heterocycles. The molecule has 0 spiro atoms. The molecule has 4 heteroatoms. The first kappa shape index (κ1) is 32.4. The molecule has 0 aliphatic carbocycles. The van der Waals surface area contributed by atoms with Crippen molar-refractivity contribution in [1.29, 1.82) is 0 Å². The van der Waals surface area contributed by atoms with E-state index >= 15 is 0 Å². The van der Waals surface area contributed by atoms with E-state index < -0.39 is 0 Å². The molecule has 0 amide bonds. The third kappa shape index (κ3) is 6.00. The van der Waals surface area contributed by atoms with Crippen molar-refractivity contribution in [1.82, 2.24) is 19.5 Å². The van der Waals surface area contributed by atoms with Crippen LogP contribution in [-0.2, 0) is 6.54 Å². The van der Waals surface area contributed by atoms with Gasteiger partial charge in [0, 0.05) is 39.8 Å². The quantitative estimate of drug-likeness (QED) is 0.187. The molecule has 0 fully saturated rings. The molecule has 4 nitrogen and oxygen atoms in total. The lowest BCUT2D eigenvalue weighted by atomic mass is 10.0. The third-order valence-electron chi connectivity index (χ3n) is 10.5. The number of nitrogens with one attached hydrogen (secondary N) is 1. The molecule has 3 aromatic heterocycles. The number of nitrogens with zero attached hydrogens (tertiary/aromatic N) is 3. The third-order valence-corrected chi connectivity index (χ3v) is 10.5. The highest BCUT2D eigenvalue weighted by molar-refractivity contribution is 6.00. The first-order valence-corrected chi connectivity index (χ1v) is 18.7. The Morgan fingerprint density at radius 1 is 0.345 bits per heavy atom. The van der Waals surface area contributed by atoms with Gasteiger partial charge in [0.2, 0.25) is 0 Å². The Morgan fingerprint density at radius 3 is 1.05 bits per heavy atom. The first-order valence-electron chi connectivity index (χ1n) is 18.7. The highest BCUT2D eigenvalue weighted by Crippen LogP contribution is 2.39. The fourth-order valence-electron chi connectivity index (χ4n) is 7.96. The smallest absolute Gasteiger partial charge is 0.0737 e. The molecule has 0 radical (unpaired) electrons. The van der Waals surface area contributed by atoms with E-state index in [0.29, 0.717) is 6.54 Å². The minimum absolute atomic E-state index is 0.665. The minimum Gasteiger partial charge on any atom is -0.354 e. The molecule has 8 bridgehead atoms. The molecule has 10 rings (SSSR count). The lowest BCUT2D eigenvalue weighted by Gasteiger charge is -2.14. The average molecular weight is 705 g/mol. The van der Waals surface area contributed by atoms with Gasteiger partial charge in [0.25, 0.3) is 0 Å². The van der Waals surface area contributed by atoms with Crippen molar-refractivity contribution in [2.45, 2.75) is 6.54 Å². The number of aromatic amines is 1. The first-order chi connectivity index (χ1) is 27.3. The maximum atomic E-state index is 5.50. The zero-order valence-electron chi connectivity index (χ0n) is 30.1. The molecule has 55 heavy (non-hydrogen) atoms. The molecule has 8 aromatic rings. The predicted octanol–water partition coefficient (Wildman–Crippen LogP) is 12.8. The average Bonchev–Trinajstić information content (AvgIpc) is 4.08. The Balaban J connectivity index is 1.44. The van der Waals surface area contributed by atoms with Gasteiger partial charge in [-0.25, -0.2) is 9.97 Å². The van der Waals surface area contributed by atoms with Crippen LogP contribution in [-0.4, -0.2) is 19.5 Å². The van der Waals surface area contributed by atoms with Crippen molar-refractivity contribution >= 4 is 46.4 Å². The monoisotopic (exact) mass is 704 g/mol. The Hall–Kier alpha value is -7.30. The van der Waals surface area contributed by atoms with Crippen LogP contribution in [0.2, 0.25) is 0 Å². The van der Waals surface area contributed by atoms with Gasteiger partial charge >= 0.3 is 0 Å². The number of aromatic nitrogens is 4. The standard InChI is InChI=1S/C51H36N4/c1-6-16-35(17-7-1)34-55-46-32-33-47(55)51(39-24-14-5-15-25-39)45-31-29-43(54-45)49(37-20-10-3-11-21-37)41-27-26-40(52-41)48(36-18-8-2-9-19-36)42-28-30-44(53-42)50(46)38-22-12-4-13-23-38/h1-33,52H,34H2. The Kier molecular flexibility index (Phi) is 8.19. The van der Waals surface area contributed by atoms with Crippen molar-refractivity contribution in [3.63, 3.8) is 0 Å². The molecule has 0 unspecified atom stereocenters. The largest absolute Gasteiger partial charge is 0.354 e. The molecule has 2 aliphatic rings. The van der Waals surface area contributed by atoms with Crippen LogP contribution in [0, 0.1) is 0 Å². The van der Waals surface area contributed by atoms with Crippen LogP contribution < -0.4 is 0 Å². The Bertz CT molecular complexity index is 2730. The fraction of sp³-hybridized carbons (Fsp3) is 0.0196. The van der Waals surface area contributed by atoms with E-state index in [1.165, 1.54) is 5.56 Å². The molecule has 2 aliphatic heterocycles. The number of benzene rings is 5. The summed E-state index contributed by atoms with van der Waals surface area (Å²) in [6.07, 6.45) is 8.68. The summed E-state index contributed by atoms with van der Waals surface area (Å²) in [4.78, 5) is 14.8. The summed E-state index contributed by atoms with van der Waals surface area (Å²) in [5.74, 6) is 0. The molecule has 5 aromatic carbocycles. The zero-order valence-corrected chi connectivity index (χ0v) is 30.1. The number of fused-ring (bicyclic) bond motifs is 8. The summed E-state index contributed by atoms with van der Waals surface area (Å²) >= 11 is 0. The molecule has 1 N–H and O–H groups in total. The Labute approximate surface area is 320 Å². The number of rotatable bonds is 6. The van der Waals surface area contributed by atoms with Gasteiger partial charge in [-0.1, -0.05) is 152 Å². The van der Waals surface area contributed by atoms with Gasteiger partial charge in [-0.3, -0.25) is 0 Å². The normalized spacial score (nSPS) is 11.9. The predicted molar refractivity (Wildman–Crippen MR) is 230 cm³/mol. The van der Waals surface area contributed by atoms with Crippen LogP contribution in [0.1, 0.15) is 28.3 Å². The molecule has 260 valence electrons. The molecule has 5 heterocycles. The van der Waals surface area contributed by atoms with Gasteiger partial charge in [0.05, 0.1) is 33.8 Å². The van der Waals surface area contributed by atoms with E-state index in [9.17, 15) is 0 Å². The maximum absolute atomic E-state index is 5.50. The fourth-order valence-corrected chi connectivity index (χ4v) is 7.96. The van der Waals surface area contributed by atoms with Gasteiger partial charge in [-0.05, 0) is 76.4 Å². The molecular formula is C51H36N4. The molecule has 0 atom stereocenters. The van der Waals surface area contributed by atoms with Crippen LogP contribution in [0.5, 0.6) is 0 Å². The maximum Gasteiger partial charge on any atom is 0.0737 e. The van der Waals surface area contributed by atoms with Crippen molar-refractivity contribution in [2.24, 2.45) is 0 Å². The van der Waals surface area contributed by atoms with Crippen molar-refractivity contribution < 1.29 is 0 Å². The van der Waals surface area contributed by atoms with E-state index in [2.05, 4.69) is 210 Å². The highest BCUT2D eigenvalue weighted by Gasteiger charge is 2.20. The molecular weight excluding hydrogens is 669 g/mol. The summed E-state index contributed by atoms with van der Waals surface area (Å²) in [6, 6.07) is 62.1. The van der Waals surface area contributed by atoms with Crippen molar-refractivity contribution in [3.8, 4) is 44.5 Å². The zero-order chi connectivity index (χ0) is 36.6. The van der Waals surface area contributed by atoms with Crippen LogP contribution in [0.3, 0.4) is 0 Å². The van der Waals surface area contributed by atoms with E-state index in [4.69, 9.17) is 9.97 Å².